The van der Waals surface area contributed by atoms with Crippen LogP contribution in [0.5, 0.6) is 11.5 Å². The first kappa shape index (κ1) is 21.9. The van der Waals surface area contributed by atoms with Gasteiger partial charge in [0.2, 0.25) is 0 Å². The molecule has 5 nitrogen and oxygen atoms in total. The number of aromatic hydroxyl groups is 1. The predicted molar refractivity (Wildman–Crippen MR) is 137 cm³/mol. The number of hydrogen-bond acceptors (Lipinski definition) is 5. The first-order valence-electron chi connectivity index (χ1n) is 13.5. The Hall–Kier alpha value is -2.34. The van der Waals surface area contributed by atoms with Crippen molar-refractivity contribution in [2.45, 2.75) is 80.7 Å². The van der Waals surface area contributed by atoms with Gasteiger partial charge in [0.15, 0.2) is 11.5 Å². The number of ether oxygens (including phenoxy) is 1. The second kappa shape index (κ2) is 7.83. The van der Waals surface area contributed by atoms with Gasteiger partial charge in [0.25, 0.3) is 0 Å². The lowest BCUT2D eigenvalue weighted by Gasteiger charge is -2.64. The van der Waals surface area contributed by atoms with Gasteiger partial charge < -0.3 is 20.3 Å². The standard InChI is InChI=1S/C30H36N2O3/c1-19(7-8-20-5-3-2-4-6-20)31-23-13-14-30(34)25-17-22-11-12-24(33)27-26(22)29(30,28(23)35-27)15-16-32(25)18-21-9-10-21/h2-8,11-12,19,21,23,25,28,31,33-34H,9-10,13-18H2,1H3/b8-7+/t19?,23?,25-,28?,29+,30-/m1/s1. The van der Waals surface area contributed by atoms with Gasteiger partial charge in [-0.3, -0.25) is 4.90 Å². The number of likely N-dealkylation sites (tertiary alicyclic amines) is 1. The number of rotatable bonds is 6. The third kappa shape index (κ3) is 3.18. The molecule has 0 radical (unpaired) electrons. The average Bonchev–Trinajstić information content (AvgIpc) is 3.60. The van der Waals surface area contributed by atoms with Gasteiger partial charge in [-0.25, -0.2) is 0 Å². The Balaban J connectivity index is 1.23. The third-order valence-electron chi connectivity index (χ3n) is 9.62. The van der Waals surface area contributed by atoms with Crippen molar-refractivity contribution in [2.24, 2.45) is 5.92 Å². The van der Waals surface area contributed by atoms with Gasteiger partial charge in [-0.05, 0) is 75.1 Å². The van der Waals surface area contributed by atoms with Crippen LogP contribution in [0, 0.1) is 5.92 Å². The molecule has 2 aromatic rings. The van der Waals surface area contributed by atoms with E-state index in [2.05, 4.69) is 59.6 Å². The van der Waals surface area contributed by atoms with Crippen molar-refractivity contribution >= 4 is 6.08 Å². The zero-order chi connectivity index (χ0) is 23.8. The predicted octanol–water partition coefficient (Wildman–Crippen LogP) is 4.02. The molecule has 2 aliphatic heterocycles. The molecular formula is C30H36N2O3. The maximum absolute atomic E-state index is 12.6. The van der Waals surface area contributed by atoms with Crippen LogP contribution in [0.2, 0.25) is 0 Å². The van der Waals surface area contributed by atoms with Gasteiger partial charge >= 0.3 is 0 Å². The Labute approximate surface area is 207 Å². The molecule has 0 amide bonds. The molecule has 0 aromatic heterocycles. The highest BCUT2D eigenvalue weighted by Crippen LogP contribution is 2.65. The normalized spacial score (nSPS) is 36.1. The Morgan fingerprint density at radius 2 is 1.97 bits per heavy atom. The number of phenolic OH excluding ortho intramolecular Hbond substituents is 1. The summed E-state index contributed by atoms with van der Waals surface area (Å²) in [5.41, 5.74) is 2.27. The highest BCUT2D eigenvalue weighted by atomic mass is 16.5. The fraction of sp³-hybridized carbons (Fsp3) is 0.533. The van der Waals surface area contributed by atoms with E-state index in [9.17, 15) is 10.2 Å². The van der Waals surface area contributed by atoms with Gasteiger partial charge in [0, 0.05) is 30.2 Å². The minimum atomic E-state index is -0.821. The van der Waals surface area contributed by atoms with Crippen LogP contribution >= 0.6 is 0 Å². The van der Waals surface area contributed by atoms with E-state index in [0.717, 1.165) is 50.3 Å². The van der Waals surface area contributed by atoms with Crippen molar-refractivity contribution in [1.82, 2.24) is 10.2 Å². The summed E-state index contributed by atoms with van der Waals surface area (Å²) in [4.78, 5) is 2.59. The molecule has 184 valence electrons. The summed E-state index contributed by atoms with van der Waals surface area (Å²) in [6, 6.07) is 14.6. The summed E-state index contributed by atoms with van der Waals surface area (Å²) in [6.07, 6.45) is 10.2. The Morgan fingerprint density at radius 3 is 2.77 bits per heavy atom. The van der Waals surface area contributed by atoms with Crippen molar-refractivity contribution in [2.75, 3.05) is 13.1 Å². The van der Waals surface area contributed by atoms with E-state index in [1.54, 1.807) is 6.07 Å². The molecule has 2 saturated carbocycles. The van der Waals surface area contributed by atoms with Crippen molar-refractivity contribution < 1.29 is 14.9 Å². The molecule has 3 N–H and O–H groups in total. The van der Waals surface area contributed by atoms with Gasteiger partial charge in [0.05, 0.1) is 11.0 Å². The molecule has 1 saturated heterocycles. The molecule has 2 aromatic carbocycles. The van der Waals surface area contributed by atoms with Crippen LogP contribution in [0.1, 0.15) is 55.7 Å². The van der Waals surface area contributed by atoms with Crippen LogP contribution in [0.25, 0.3) is 6.08 Å². The van der Waals surface area contributed by atoms with E-state index < -0.39 is 11.0 Å². The molecule has 3 fully saturated rings. The molecule has 5 heteroatoms. The van der Waals surface area contributed by atoms with Crippen molar-refractivity contribution in [3.63, 3.8) is 0 Å². The van der Waals surface area contributed by atoms with E-state index >= 15 is 0 Å². The summed E-state index contributed by atoms with van der Waals surface area (Å²) >= 11 is 0. The number of nitrogens with zero attached hydrogens (tertiary/aromatic N) is 1. The minimum absolute atomic E-state index is 0.110. The fourth-order valence-electron chi connectivity index (χ4n) is 7.87. The van der Waals surface area contributed by atoms with Crippen LogP contribution in [0.3, 0.4) is 0 Å². The van der Waals surface area contributed by atoms with Gasteiger partial charge in [-0.1, -0.05) is 48.6 Å². The van der Waals surface area contributed by atoms with Gasteiger partial charge in [-0.2, -0.15) is 0 Å². The average molecular weight is 473 g/mol. The lowest BCUT2D eigenvalue weighted by molar-refractivity contribution is -0.192. The minimum Gasteiger partial charge on any atom is -0.504 e. The van der Waals surface area contributed by atoms with E-state index in [1.807, 2.05) is 6.07 Å². The zero-order valence-corrected chi connectivity index (χ0v) is 20.5. The summed E-state index contributed by atoms with van der Waals surface area (Å²) in [6.45, 7) is 4.29. The van der Waals surface area contributed by atoms with Gasteiger partial charge in [-0.15, -0.1) is 0 Å². The number of phenols is 1. The molecule has 7 rings (SSSR count). The number of hydrogen-bond donors (Lipinski definition) is 3. The molecule has 5 aliphatic rings. The first-order chi connectivity index (χ1) is 17.0. The molecule has 3 aliphatic carbocycles. The quantitative estimate of drug-likeness (QED) is 0.593. The Kier molecular flexibility index (Phi) is 4.90. The molecule has 1 spiro atoms. The highest BCUT2D eigenvalue weighted by Gasteiger charge is 2.72. The summed E-state index contributed by atoms with van der Waals surface area (Å²) < 4.78 is 6.66. The van der Waals surface area contributed by atoms with Crippen LogP contribution in [-0.2, 0) is 11.8 Å². The molecule has 2 bridgehead atoms. The number of piperidine rings is 1. The zero-order valence-electron chi connectivity index (χ0n) is 20.5. The monoisotopic (exact) mass is 472 g/mol. The number of benzene rings is 2. The second-order valence-electron chi connectivity index (χ2n) is 11.7. The van der Waals surface area contributed by atoms with Crippen LogP contribution in [-0.4, -0.2) is 58.0 Å². The van der Waals surface area contributed by atoms with Crippen molar-refractivity contribution in [1.29, 1.82) is 0 Å². The highest BCUT2D eigenvalue weighted by molar-refractivity contribution is 5.62. The number of nitrogens with one attached hydrogen (secondary N) is 1. The maximum atomic E-state index is 12.6. The topological polar surface area (TPSA) is 65.0 Å². The maximum Gasteiger partial charge on any atom is 0.165 e. The molecule has 3 unspecified atom stereocenters. The van der Waals surface area contributed by atoms with Crippen LogP contribution in [0.15, 0.2) is 48.5 Å². The van der Waals surface area contributed by atoms with E-state index in [-0.39, 0.29) is 30.0 Å². The summed E-state index contributed by atoms with van der Waals surface area (Å²) in [5, 5.41) is 27.2. The van der Waals surface area contributed by atoms with Crippen molar-refractivity contribution in [3.8, 4) is 11.5 Å². The molecule has 35 heavy (non-hydrogen) atoms. The molecule has 6 atom stereocenters. The van der Waals surface area contributed by atoms with Crippen LogP contribution in [0.4, 0.5) is 0 Å². The van der Waals surface area contributed by atoms with Crippen molar-refractivity contribution in [3.05, 3.63) is 65.2 Å². The second-order valence-corrected chi connectivity index (χ2v) is 11.7. The lowest BCUT2D eigenvalue weighted by Crippen LogP contribution is -2.78. The number of aliphatic hydroxyl groups is 1. The summed E-state index contributed by atoms with van der Waals surface area (Å²) in [7, 11) is 0. The fourth-order valence-corrected chi connectivity index (χ4v) is 7.87. The Bertz CT molecular complexity index is 1160. The van der Waals surface area contributed by atoms with E-state index in [1.165, 1.54) is 24.0 Å². The Morgan fingerprint density at radius 1 is 1.14 bits per heavy atom. The first-order valence-corrected chi connectivity index (χ1v) is 13.5. The van der Waals surface area contributed by atoms with E-state index in [4.69, 9.17) is 4.74 Å². The smallest absolute Gasteiger partial charge is 0.165 e. The van der Waals surface area contributed by atoms with Crippen LogP contribution < -0.4 is 10.1 Å². The largest absolute Gasteiger partial charge is 0.504 e. The van der Waals surface area contributed by atoms with E-state index in [0.29, 0.717) is 5.75 Å². The van der Waals surface area contributed by atoms with Gasteiger partial charge in [0.1, 0.15) is 6.10 Å². The lowest BCUT2D eigenvalue weighted by atomic mass is 9.48. The summed E-state index contributed by atoms with van der Waals surface area (Å²) in [5.74, 6) is 1.64. The SMILES string of the molecule is CC(/C=C/c1ccccc1)NC1CC[C@@]2(O)[C@H]3Cc4ccc(O)c5c4[C@@]2(CCN3CC2CC2)C1O5. The third-order valence-corrected chi connectivity index (χ3v) is 9.62. The molecular weight excluding hydrogens is 436 g/mol. The molecule has 2 heterocycles.